The van der Waals surface area contributed by atoms with Gasteiger partial charge in [0, 0.05) is 23.0 Å². The van der Waals surface area contributed by atoms with Gasteiger partial charge in [0.05, 0.1) is 6.42 Å². The molecule has 0 radical (unpaired) electrons. The highest BCUT2D eigenvalue weighted by atomic mass is 16.3. The van der Waals surface area contributed by atoms with E-state index < -0.39 is 0 Å². The summed E-state index contributed by atoms with van der Waals surface area (Å²) in [5, 5.41) is 15.8. The van der Waals surface area contributed by atoms with Crippen molar-refractivity contribution in [2.75, 3.05) is 5.32 Å². The van der Waals surface area contributed by atoms with E-state index in [0.29, 0.717) is 11.3 Å². The zero-order valence-corrected chi connectivity index (χ0v) is 17.3. The van der Waals surface area contributed by atoms with E-state index in [4.69, 9.17) is 0 Å². The maximum atomic E-state index is 12.5. The van der Waals surface area contributed by atoms with Gasteiger partial charge < -0.3 is 15.7 Å². The maximum absolute atomic E-state index is 12.5. The Morgan fingerprint density at radius 2 is 1.70 bits per heavy atom. The van der Waals surface area contributed by atoms with Gasteiger partial charge in [0.2, 0.25) is 5.91 Å². The number of phenolic OH excluding ortho intramolecular Hbond substituents is 1. The summed E-state index contributed by atoms with van der Waals surface area (Å²) in [5.41, 5.74) is 2.74. The topological polar surface area (TPSA) is 91.3 Å². The van der Waals surface area contributed by atoms with E-state index in [1.54, 1.807) is 18.2 Å². The van der Waals surface area contributed by atoms with Crippen molar-refractivity contribution < 1.29 is 14.7 Å². The lowest BCUT2D eigenvalue weighted by Gasteiger charge is -2.20. The molecule has 154 valence electrons. The van der Waals surface area contributed by atoms with Crippen LogP contribution in [0.25, 0.3) is 11.1 Å². The van der Waals surface area contributed by atoms with Crippen molar-refractivity contribution in [2.45, 2.75) is 32.7 Å². The van der Waals surface area contributed by atoms with E-state index in [9.17, 15) is 14.7 Å². The van der Waals surface area contributed by atoms with Crippen molar-refractivity contribution in [1.29, 1.82) is 0 Å². The van der Waals surface area contributed by atoms with E-state index in [1.165, 1.54) is 12.3 Å². The van der Waals surface area contributed by atoms with Crippen LogP contribution in [0.15, 0.2) is 66.9 Å². The predicted molar refractivity (Wildman–Crippen MR) is 117 cm³/mol. The Morgan fingerprint density at radius 1 is 0.967 bits per heavy atom. The Hall–Kier alpha value is -3.67. The third kappa shape index (κ3) is 5.67. The van der Waals surface area contributed by atoms with E-state index in [0.717, 1.165) is 11.1 Å². The van der Waals surface area contributed by atoms with Crippen molar-refractivity contribution in [1.82, 2.24) is 10.3 Å². The predicted octanol–water partition coefficient (Wildman–Crippen LogP) is 4.16. The largest absolute Gasteiger partial charge is 0.508 e. The quantitative estimate of drug-likeness (QED) is 0.596. The van der Waals surface area contributed by atoms with Crippen LogP contribution in [0.3, 0.4) is 0 Å². The molecule has 30 heavy (non-hydrogen) atoms. The van der Waals surface area contributed by atoms with E-state index >= 15 is 0 Å². The van der Waals surface area contributed by atoms with Gasteiger partial charge in [0.1, 0.15) is 11.4 Å². The van der Waals surface area contributed by atoms with Gasteiger partial charge in [-0.2, -0.15) is 0 Å². The Kier molecular flexibility index (Phi) is 6.16. The summed E-state index contributed by atoms with van der Waals surface area (Å²) < 4.78 is 0. The van der Waals surface area contributed by atoms with E-state index in [2.05, 4.69) is 15.6 Å². The fourth-order valence-corrected chi connectivity index (χ4v) is 2.95. The van der Waals surface area contributed by atoms with Crippen molar-refractivity contribution in [3.8, 4) is 16.9 Å². The number of carbonyl (C=O) groups excluding carboxylic acids is 2. The number of aromatic nitrogens is 1. The first-order valence-corrected chi connectivity index (χ1v) is 9.67. The van der Waals surface area contributed by atoms with Crippen molar-refractivity contribution in [3.63, 3.8) is 0 Å². The molecule has 0 atom stereocenters. The Bertz CT molecular complexity index is 1060. The number of phenols is 1. The van der Waals surface area contributed by atoms with E-state index in [-0.39, 0.29) is 35.2 Å². The lowest BCUT2D eigenvalue weighted by molar-refractivity contribution is -0.115. The zero-order chi connectivity index (χ0) is 21.7. The van der Waals surface area contributed by atoms with Crippen LogP contribution in [0.1, 0.15) is 36.8 Å². The maximum Gasteiger partial charge on any atom is 0.270 e. The van der Waals surface area contributed by atoms with Crippen molar-refractivity contribution >= 4 is 17.5 Å². The minimum atomic E-state index is -0.390. The smallest absolute Gasteiger partial charge is 0.270 e. The van der Waals surface area contributed by atoms with Gasteiger partial charge in [0.15, 0.2) is 0 Å². The van der Waals surface area contributed by atoms with Gasteiger partial charge >= 0.3 is 0 Å². The summed E-state index contributed by atoms with van der Waals surface area (Å²) in [6, 6.07) is 18.1. The molecule has 0 aliphatic carbocycles. The fraction of sp³-hybridized carbons (Fsp3) is 0.208. The third-order valence-electron chi connectivity index (χ3n) is 4.30. The molecular weight excluding hydrogens is 378 g/mol. The number of hydrogen-bond acceptors (Lipinski definition) is 4. The normalized spacial score (nSPS) is 11.0. The standard InChI is InChI=1S/C24H25N3O3/c1-24(2,3)27-23(30)20-15-19(11-12-25-20)26-22(29)14-18-13-17(9-10-21(18)28)16-7-5-4-6-8-16/h4-13,15,28H,14H2,1-3H3,(H,27,30)(H,25,26,29). The molecule has 6 nitrogen and oxygen atoms in total. The molecule has 0 saturated heterocycles. The molecule has 2 amide bonds. The molecule has 0 bridgehead atoms. The van der Waals surface area contributed by atoms with Crippen LogP contribution >= 0.6 is 0 Å². The molecular formula is C24H25N3O3. The summed E-state index contributed by atoms with van der Waals surface area (Å²) in [7, 11) is 0. The van der Waals surface area contributed by atoms with Gasteiger partial charge in [-0.25, -0.2) is 0 Å². The van der Waals surface area contributed by atoms with Crippen LogP contribution in [-0.2, 0) is 11.2 Å². The molecule has 2 aromatic carbocycles. The highest BCUT2D eigenvalue weighted by Gasteiger charge is 2.17. The molecule has 1 aromatic heterocycles. The third-order valence-corrected chi connectivity index (χ3v) is 4.30. The Labute approximate surface area is 176 Å². The summed E-state index contributed by atoms with van der Waals surface area (Å²) >= 11 is 0. The molecule has 0 spiro atoms. The first-order valence-electron chi connectivity index (χ1n) is 9.67. The van der Waals surface area contributed by atoms with Crippen LogP contribution < -0.4 is 10.6 Å². The van der Waals surface area contributed by atoms with Gasteiger partial charge in [-0.15, -0.1) is 0 Å². The first kappa shape index (κ1) is 21.0. The van der Waals surface area contributed by atoms with Crippen LogP contribution in [-0.4, -0.2) is 27.4 Å². The molecule has 0 unspecified atom stereocenters. The Balaban J connectivity index is 1.72. The fourth-order valence-electron chi connectivity index (χ4n) is 2.95. The number of benzene rings is 2. The van der Waals surface area contributed by atoms with Crippen molar-refractivity contribution in [3.05, 3.63) is 78.1 Å². The monoisotopic (exact) mass is 403 g/mol. The van der Waals surface area contributed by atoms with Crippen LogP contribution in [0.2, 0.25) is 0 Å². The number of hydrogen-bond donors (Lipinski definition) is 3. The summed E-state index contributed by atoms with van der Waals surface area (Å²) in [6.07, 6.45) is 1.47. The number of amides is 2. The van der Waals surface area contributed by atoms with Crippen molar-refractivity contribution in [2.24, 2.45) is 0 Å². The SMILES string of the molecule is CC(C)(C)NC(=O)c1cc(NC(=O)Cc2cc(-c3ccccc3)ccc2O)ccn1. The highest BCUT2D eigenvalue weighted by Crippen LogP contribution is 2.26. The minimum Gasteiger partial charge on any atom is -0.508 e. The summed E-state index contributed by atoms with van der Waals surface area (Å²) in [6.45, 7) is 5.64. The Morgan fingerprint density at radius 3 is 2.40 bits per heavy atom. The number of anilines is 1. The van der Waals surface area contributed by atoms with Gasteiger partial charge in [-0.3, -0.25) is 14.6 Å². The minimum absolute atomic E-state index is 0.00164. The average Bonchev–Trinajstić information content (AvgIpc) is 2.69. The molecule has 6 heteroatoms. The molecule has 3 rings (SSSR count). The molecule has 3 N–H and O–H groups in total. The van der Waals surface area contributed by atoms with Crippen LogP contribution in [0.5, 0.6) is 5.75 Å². The zero-order valence-electron chi connectivity index (χ0n) is 17.3. The number of nitrogens with zero attached hydrogens (tertiary/aromatic N) is 1. The second kappa shape index (κ2) is 8.78. The summed E-state index contributed by atoms with van der Waals surface area (Å²) in [5.74, 6) is -0.555. The number of carbonyl (C=O) groups is 2. The molecule has 0 saturated carbocycles. The summed E-state index contributed by atoms with van der Waals surface area (Å²) in [4.78, 5) is 28.9. The average molecular weight is 403 g/mol. The van der Waals surface area contributed by atoms with Gasteiger partial charge in [-0.05, 0) is 56.2 Å². The van der Waals surface area contributed by atoms with E-state index in [1.807, 2.05) is 57.2 Å². The van der Waals surface area contributed by atoms with Gasteiger partial charge in [-0.1, -0.05) is 36.4 Å². The van der Waals surface area contributed by atoms with Gasteiger partial charge in [0.25, 0.3) is 5.91 Å². The second-order valence-electron chi connectivity index (χ2n) is 8.07. The lowest BCUT2D eigenvalue weighted by atomic mass is 10.0. The van der Waals surface area contributed by atoms with Crippen LogP contribution in [0, 0.1) is 0 Å². The van der Waals surface area contributed by atoms with Crippen LogP contribution in [0.4, 0.5) is 5.69 Å². The number of pyridine rings is 1. The highest BCUT2D eigenvalue weighted by molar-refractivity contribution is 5.96. The number of aromatic hydroxyl groups is 1. The number of nitrogens with one attached hydrogen (secondary N) is 2. The molecule has 0 fully saturated rings. The number of rotatable bonds is 5. The first-order chi connectivity index (χ1) is 14.2. The molecule has 1 heterocycles. The molecule has 0 aliphatic heterocycles. The second-order valence-corrected chi connectivity index (χ2v) is 8.07. The lowest BCUT2D eigenvalue weighted by Crippen LogP contribution is -2.40. The molecule has 3 aromatic rings. The molecule has 0 aliphatic rings.